The number of carboxylic acid groups (broad SMARTS) is 1. The van der Waals surface area contributed by atoms with Crippen molar-refractivity contribution in [2.75, 3.05) is 7.05 Å². The number of nitrogens with zero attached hydrogens (tertiary/aromatic N) is 1. The summed E-state index contributed by atoms with van der Waals surface area (Å²) in [4.78, 5) is 35.2. The fourth-order valence-electron chi connectivity index (χ4n) is 1.63. The molecule has 5 nitrogen and oxygen atoms in total. The lowest BCUT2D eigenvalue weighted by Gasteiger charge is -2.21. The molecule has 1 aromatic rings. The maximum Gasteiger partial charge on any atom is 0.326 e. The summed E-state index contributed by atoms with van der Waals surface area (Å²) in [5.41, 5.74) is -0.293. The lowest BCUT2D eigenvalue weighted by atomic mass is 10.1. The Morgan fingerprint density at radius 2 is 1.86 bits per heavy atom. The number of Topliss-reactive ketones (excluding diaryl/α,β-unsaturated/α-hetero) is 1. The van der Waals surface area contributed by atoms with Gasteiger partial charge in [0.2, 0.25) is 5.91 Å². The molecular weight excluding hydrogens is 284 g/mol. The number of benzene rings is 1. The first-order valence-corrected chi connectivity index (χ1v) is 6.20. The van der Waals surface area contributed by atoms with Crippen molar-refractivity contribution in [3.05, 3.63) is 35.4 Å². The minimum atomic E-state index is -1.17. The Labute approximate surface area is 120 Å². The second-order valence-corrected chi connectivity index (χ2v) is 4.57. The molecule has 1 amide bonds. The predicted molar refractivity (Wildman–Crippen MR) is 69.8 cm³/mol. The van der Waals surface area contributed by atoms with Gasteiger partial charge in [-0.1, -0.05) is 0 Å². The van der Waals surface area contributed by atoms with Crippen LogP contribution in [0.15, 0.2) is 18.2 Å². The maximum atomic E-state index is 13.4. The van der Waals surface area contributed by atoms with Crippen LogP contribution >= 0.6 is 0 Å². The number of aliphatic carboxylic acids is 1. The molecule has 0 fully saturated rings. The van der Waals surface area contributed by atoms with E-state index in [1.165, 1.54) is 14.0 Å². The molecule has 0 radical (unpaired) electrons. The van der Waals surface area contributed by atoms with E-state index in [9.17, 15) is 23.2 Å². The molecule has 0 spiro atoms. The molecule has 1 unspecified atom stereocenters. The summed E-state index contributed by atoms with van der Waals surface area (Å²) in [5, 5.41) is 8.77. The second kappa shape index (κ2) is 6.92. The summed E-state index contributed by atoms with van der Waals surface area (Å²) in [6.07, 6.45) is -0.526. The van der Waals surface area contributed by atoms with E-state index in [4.69, 9.17) is 5.11 Å². The van der Waals surface area contributed by atoms with Gasteiger partial charge in [-0.25, -0.2) is 13.6 Å². The van der Waals surface area contributed by atoms with Crippen LogP contribution in [0.3, 0.4) is 0 Å². The van der Waals surface area contributed by atoms with Crippen LogP contribution in [0.1, 0.15) is 30.1 Å². The molecule has 0 aliphatic rings. The van der Waals surface area contributed by atoms with Crippen LogP contribution in [0.2, 0.25) is 0 Å². The van der Waals surface area contributed by atoms with Crippen molar-refractivity contribution in [3.63, 3.8) is 0 Å². The van der Waals surface area contributed by atoms with Gasteiger partial charge in [0.25, 0.3) is 0 Å². The molecule has 0 aromatic heterocycles. The van der Waals surface area contributed by atoms with Gasteiger partial charge >= 0.3 is 5.97 Å². The summed E-state index contributed by atoms with van der Waals surface area (Å²) in [7, 11) is 1.31. The van der Waals surface area contributed by atoms with E-state index in [0.29, 0.717) is 6.07 Å². The Hall–Kier alpha value is -2.31. The van der Waals surface area contributed by atoms with E-state index < -0.39 is 35.3 Å². The van der Waals surface area contributed by atoms with Gasteiger partial charge in [-0.3, -0.25) is 9.59 Å². The second-order valence-electron chi connectivity index (χ2n) is 4.57. The van der Waals surface area contributed by atoms with Crippen LogP contribution < -0.4 is 0 Å². The van der Waals surface area contributed by atoms with E-state index in [1.54, 1.807) is 0 Å². The van der Waals surface area contributed by atoms with Gasteiger partial charge < -0.3 is 10.0 Å². The molecule has 21 heavy (non-hydrogen) atoms. The number of amides is 1. The summed E-state index contributed by atoms with van der Waals surface area (Å²) in [5.74, 6) is -4.13. The Morgan fingerprint density at radius 1 is 1.24 bits per heavy atom. The standard InChI is InChI=1S/C14H15F2NO4/c1-8(14(20)21)17(2)13(19)6-5-12(18)10-4-3-9(15)7-11(10)16/h3-4,7-8H,5-6H2,1-2H3,(H,20,21). The van der Waals surface area contributed by atoms with Crippen molar-refractivity contribution in [2.45, 2.75) is 25.8 Å². The Bertz CT molecular complexity index is 574. The number of hydrogen-bond donors (Lipinski definition) is 1. The van der Waals surface area contributed by atoms with Crippen molar-refractivity contribution in [3.8, 4) is 0 Å². The van der Waals surface area contributed by atoms with Crippen molar-refractivity contribution < 1.29 is 28.3 Å². The van der Waals surface area contributed by atoms with Crippen LogP contribution in [0.25, 0.3) is 0 Å². The maximum absolute atomic E-state index is 13.4. The zero-order valence-electron chi connectivity index (χ0n) is 11.6. The zero-order chi connectivity index (χ0) is 16.2. The summed E-state index contributed by atoms with van der Waals surface area (Å²) >= 11 is 0. The number of carbonyl (C=O) groups is 3. The summed E-state index contributed by atoms with van der Waals surface area (Å²) in [6.45, 7) is 1.34. The summed E-state index contributed by atoms with van der Waals surface area (Å²) in [6, 6.07) is 1.54. The largest absolute Gasteiger partial charge is 0.480 e. The van der Waals surface area contributed by atoms with Gasteiger partial charge in [0.1, 0.15) is 17.7 Å². The van der Waals surface area contributed by atoms with Crippen LogP contribution in [-0.4, -0.2) is 40.8 Å². The summed E-state index contributed by atoms with van der Waals surface area (Å²) < 4.78 is 26.1. The number of likely N-dealkylation sites (N-methyl/N-ethyl adjacent to an activating group) is 1. The average Bonchev–Trinajstić information content (AvgIpc) is 2.42. The molecule has 1 N–H and O–H groups in total. The van der Waals surface area contributed by atoms with Gasteiger partial charge in [-0.2, -0.15) is 0 Å². The minimum Gasteiger partial charge on any atom is -0.480 e. The van der Waals surface area contributed by atoms with Gasteiger partial charge in [-0.05, 0) is 19.1 Å². The Balaban J connectivity index is 2.64. The molecule has 1 rings (SSSR count). The smallest absolute Gasteiger partial charge is 0.326 e. The van der Waals surface area contributed by atoms with E-state index >= 15 is 0 Å². The first-order chi connectivity index (χ1) is 9.73. The molecular formula is C14H15F2NO4. The minimum absolute atomic E-state index is 0.246. The monoisotopic (exact) mass is 299 g/mol. The lowest BCUT2D eigenvalue weighted by molar-refractivity contribution is -0.148. The van der Waals surface area contributed by atoms with Gasteiger partial charge in [0, 0.05) is 26.0 Å². The molecule has 1 atom stereocenters. The third-order valence-corrected chi connectivity index (χ3v) is 3.13. The first-order valence-electron chi connectivity index (χ1n) is 6.20. The van der Waals surface area contributed by atoms with E-state index in [1.807, 2.05) is 0 Å². The molecule has 0 aliphatic carbocycles. The van der Waals surface area contributed by atoms with Gasteiger partial charge in [0.05, 0.1) is 5.56 Å². The fourth-order valence-corrected chi connectivity index (χ4v) is 1.63. The number of hydrogen-bond acceptors (Lipinski definition) is 3. The molecule has 1 aromatic carbocycles. The van der Waals surface area contributed by atoms with E-state index in [0.717, 1.165) is 17.0 Å². The van der Waals surface area contributed by atoms with E-state index in [-0.39, 0.29) is 18.4 Å². The topological polar surface area (TPSA) is 74.7 Å². The number of carboxylic acids is 1. The molecule has 0 heterocycles. The predicted octanol–water partition coefficient (Wildman–Crippen LogP) is 1.86. The number of carbonyl (C=O) groups excluding carboxylic acids is 2. The van der Waals surface area contributed by atoms with E-state index in [2.05, 4.69) is 0 Å². The SMILES string of the molecule is CC(C(=O)O)N(C)C(=O)CCC(=O)c1ccc(F)cc1F. The third-order valence-electron chi connectivity index (χ3n) is 3.13. The molecule has 0 saturated heterocycles. The number of ketones is 1. The van der Waals surface area contributed by atoms with Crippen LogP contribution in [0.5, 0.6) is 0 Å². The Morgan fingerprint density at radius 3 is 2.38 bits per heavy atom. The van der Waals surface area contributed by atoms with Gasteiger partial charge in [-0.15, -0.1) is 0 Å². The van der Waals surface area contributed by atoms with Crippen LogP contribution in [-0.2, 0) is 9.59 Å². The molecule has 0 bridgehead atoms. The average molecular weight is 299 g/mol. The fraction of sp³-hybridized carbons (Fsp3) is 0.357. The van der Waals surface area contributed by atoms with Crippen molar-refractivity contribution in [1.82, 2.24) is 4.90 Å². The third kappa shape index (κ3) is 4.34. The van der Waals surface area contributed by atoms with Crippen molar-refractivity contribution >= 4 is 17.7 Å². The first kappa shape index (κ1) is 16.7. The molecule has 0 aliphatic heterocycles. The quantitative estimate of drug-likeness (QED) is 0.814. The van der Waals surface area contributed by atoms with Gasteiger partial charge in [0.15, 0.2) is 5.78 Å². The molecule has 114 valence electrons. The van der Waals surface area contributed by atoms with Crippen molar-refractivity contribution in [2.24, 2.45) is 0 Å². The van der Waals surface area contributed by atoms with Crippen molar-refractivity contribution in [1.29, 1.82) is 0 Å². The number of halogens is 2. The van der Waals surface area contributed by atoms with Crippen LogP contribution in [0.4, 0.5) is 8.78 Å². The highest BCUT2D eigenvalue weighted by molar-refractivity contribution is 5.98. The zero-order valence-corrected chi connectivity index (χ0v) is 11.6. The Kier molecular flexibility index (Phi) is 5.52. The highest BCUT2D eigenvalue weighted by Gasteiger charge is 2.22. The molecule has 7 heteroatoms. The van der Waals surface area contributed by atoms with Crippen LogP contribution in [0, 0.1) is 11.6 Å². The molecule has 0 saturated carbocycles. The highest BCUT2D eigenvalue weighted by atomic mass is 19.1. The lowest BCUT2D eigenvalue weighted by Crippen LogP contribution is -2.40. The number of rotatable bonds is 6. The highest BCUT2D eigenvalue weighted by Crippen LogP contribution is 2.13. The normalized spacial score (nSPS) is 11.8.